The Morgan fingerprint density at radius 2 is 1.89 bits per heavy atom. The summed E-state index contributed by atoms with van der Waals surface area (Å²) in [4.78, 5) is 15.1. The van der Waals surface area contributed by atoms with Crippen LogP contribution in [0.4, 0.5) is 0 Å². The van der Waals surface area contributed by atoms with Crippen LogP contribution in [0, 0.1) is 17.8 Å². The van der Waals surface area contributed by atoms with Gasteiger partial charge in [0.25, 0.3) is 0 Å². The monoisotopic (exact) mass is 317 g/mol. The first-order chi connectivity index (χ1) is 8.40. The Balaban J connectivity index is 1.90. The molecule has 1 saturated carbocycles. The maximum atomic E-state index is 12.5. The molecule has 0 aromatic rings. The van der Waals surface area contributed by atoms with E-state index in [-0.39, 0.29) is 24.0 Å². The summed E-state index contributed by atoms with van der Waals surface area (Å²) >= 11 is 3.60. The molecule has 0 aromatic carbocycles. The second kappa shape index (κ2) is 5.49. The molecule has 2 rings (SSSR count). The summed E-state index contributed by atoms with van der Waals surface area (Å²) in [7, 11) is 1.94. The van der Waals surface area contributed by atoms with Gasteiger partial charge in [-0.15, -0.1) is 0 Å². The minimum atomic E-state index is 0.0323. The summed E-state index contributed by atoms with van der Waals surface area (Å²) in [6, 6.07) is 0. The van der Waals surface area contributed by atoms with Crippen LogP contribution in [-0.2, 0) is 9.53 Å². The lowest BCUT2D eigenvalue weighted by molar-refractivity contribution is -0.137. The molecule has 1 aliphatic carbocycles. The Labute approximate surface area is 118 Å². The van der Waals surface area contributed by atoms with Crippen LogP contribution < -0.4 is 0 Å². The molecule has 1 saturated heterocycles. The molecule has 0 spiro atoms. The van der Waals surface area contributed by atoms with Gasteiger partial charge in [-0.3, -0.25) is 4.79 Å². The van der Waals surface area contributed by atoms with Crippen molar-refractivity contribution in [2.45, 2.75) is 50.6 Å². The van der Waals surface area contributed by atoms with E-state index in [0.717, 1.165) is 6.54 Å². The third-order valence-electron chi connectivity index (χ3n) is 4.61. The molecule has 0 radical (unpaired) electrons. The van der Waals surface area contributed by atoms with Crippen LogP contribution in [0.15, 0.2) is 0 Å². The van der Waals surface area contributed by atoms with Gasteiger partial charge in [-0.1, -0.05) is 22.9 Å². The van der Waals surface area contributed by atoms with Gasteiger partial charge < -0.3 is 9.64 Å². The van der Waals surface area contributed by atoms with Gasteiger partial charge in [-0.05, 0) is 38.5 Å². The third-order valence-corrected chi connectivity index (χ3v) is 5.36. The predicted molar refractivity (Wildman–Crippen MR) is 75.7 cm³/mol. The van der Waals surface area contributed by atoms with Crippen LogP contribution >= 0.6 is 15.9 Å². The number of nitrogens with zero attached hydrogens (tertiary/aromatic N) is 1. The van der Waals surface area contributed by atoms with Gasteiger partial charge in [0.05, 0.1) is 18.1 Å². The van der Waals surface area contributed by atoms with Crippen LogP contribution in [0.1, 0.15) is 33.6 Å². The zero-order valence-electron chi connectivity index (χ0n) is 11.7. The van der Waals surface area contributed by atoms with Crippen LogP contribution in [0.3, 0.4) is 0 Å². The summed E-state index contributed by atoms with van der Waals surface area (Å²) in [6.07, 6.45) is 2.63. The number of rotatable bonds is 3. The van der Waals surface area contributed by atoms with E-state index in [2.05, 4.69) is 29.8 Å². The average molecular weight is 318 g/mol. The molecule has 4 unspecified atom stereocenters. The molecule has 4 atom stereocenters. The number of carbonyl (C=O) groups is 1. The molecule has 0 aromatic heterocycles. The van der Waals surface area contributed by atoms with E-state index in [1.54, 1.807) is 0 Å². The molecule has 2 fully saturated rings. The summed E-state index contributed by atoms with van der Waals surface area (Å²) in [6.45, 7) is 7.11. The summed E-state index contributed by atoms with van der Waals surface area (Å²) in [5.41, 5.74) is 0. The van der Waals surface area contributed by atoms with E-state index < -0.39 is 0 Å². The topological polar surface area (TPSA) is 29.5 Å². The average Bonchev–Trinajstić information content (AvgIpc) is 2.50. The number of ether oxygens (including phenoxy) is 1. The zero-order valence-corrected chi connectivity index (χ0v) is 13.3. The van der Waals surface area contributed by atoms with Crippen LogP contribution in [0.5, 0.6) is 0 Å². The lowest BCUT2D eigenvalue weighted by atomic mass is 9.84. The standard InChI is InChI=1S/C14H24BrNO2/c1-8-9(2)18-10(3)13(8)14(17)16(4)7-11-5-12(15)6-11/h8-13H,5-7H2,1-4H3. The van der Waals surface area contributed by atoms with Gasteiger partial charge in [0, 0.05) is 18.4 Å². The highest BCUT2D eigenvalue weighted by atomic mass is 79.9. The number of hydrogen-bond acceptors (Lipinski definition) is 2. The van der Waals surface area contributed by atoms with Crippen molar-refractivity contribution in [2.24, 2.45) is 17.8 Å². The van der Waals surface area contributed by atoms with Gasteiger partial charge in [0.1, 0.15) is 0 Å². The Hall–Kier alpha value is -0.0900. The fraction of sp³-hybridized carbons (Fsp3) is 0.929. The van der Waals surface area contributed by atoms with E-state index in [4.69, 9.17) is 4.74 Å². The largest absolute Gasteiger partial charge is 0.374 e. The quantitative estimate of drug-likeness (QED) is 0.749. The predicted octanol–water partition coefficient (Wildman–Crippen LogP) is 2.68. The van der Waals surface area contributed by atoms with E-state index in [9.17, 15) is 4.79 Å². The molecule has 104 valence electrons. The minimum absolute atomic E-state index is 0.0323. The first-order valence-electron chi connectivity index (χ1n) is 6.94. The molecule has 1 aliphatic heterocycles. The third kappa shape index (κ3) is 2.74. The second-order valence-corrected chi connectivity index (χ2v) is 7.38. The number of halogens is 1. The maximum absolute atomic E-state index is 12.5. The molecular formula is C14H24BrNO2. The lowest BCUT2D eigenvalue weighted by Crippen LogP contribution is -2.43. The molecule has 1 amide bonds. The van der Waals surface area contributed by atoms with Crippen molar-refractivity contribution in [3.05, 3.63) is 0 Å². The molecule has 1 heterocycles. The van der Waals surface area contributed by atoms with E-state index in [1.807, 2.05) is 18.9 Å². The fourth-order valence-electron chi connectivity index (χ4n) is 3.23. The van der Waals surface area contributed by atoms with Crippen molar-refractivity contribution < 1.29 is 9.53 Å². The van der Waals surface area contributed by atoms with Crippen LogP contribution in [-0.4, -0.2) is 41.4 Å². The van der Waals surface area contributed by atoms with Crippen LogP contribution in [0.2, 0.25) is 0 Å². The van der Waals surface area contributed by atoms with E-state index in [0.29, 0.717) is 16.7 Å². The molecule has 0 bridgehead atoms. The summed E-state index contributed by atoms with van der Waals surface area (Å²) < 4.78 is 5.76. The van der Waals surface area contributed by atoms with E-state index in [1.165, 1.54) is 12.8 Å². The van der Waals surface area contributed by atoms with Gasteiger partial charge in [0.2, 0.25) is 5.91 Å². The summed E-state index contributed by atoms with van der Waals surface area (Å²) in [5.74, 6) is 1.29. The Kier molecular flexibility index (Phi) is 4.37. The van der Waals surface area contributed by atoms with Crippen LogP contribution in [0.25, 0.3) is 0 Å². The van der Waals surface area contributed by atoms with Crippen molar-refractivity contribution in [1.82, 2.24) is 4.90 Å². The zero-order chi connectivity index (χ0) is 13.4. The van der Waals surface area contributed by atoms with Crippen molar-refractivity contribution in [3.63, 3.8) is 0 Å². The lowest BCUT2D eigenvalue weighted by Gasteiger charge is -2.35. The van der Waals surface area contributed by atoms with Gasteiger partial charge in [-0.2, -0.15) is 0 Å². The molecular weight excluding hydrogens is 294 g/mol. The molecule has 3 nitrogen and oxygen atoms in total. The number of alkyl halides is 1. The highest BCUT2D eigenvalue weighted by Gasteiger charge is 2.43. The summed E-state index contributed by atoms with van der Waals surface area (Å²) in [5, 5.41) is 0. The Morgan fingerprint density at radius 3 is 2.33 bits per heavy atom. The van der Waals surface area contributed by atoms with Crippen molar-refractivity contribution in [2.75, 3.05) is 13.6 Å². The SMILES string of the molecule is CC1OC(C)C(C(=O)N(C)CC2CC(Br)C2)C1C. The molecule has 2 aliphatic rings. The van der Waals surface area contributed by atoms with Crippen molar-refractivity contribution in [1.29, 1.82) is 0 Å². The highest BCUT2D eigenvalue weighted by molar-refractivity contribution is 9.09. The minimum Gasteiger partial charge on any atom is -0.374 e. The Bertz CT molecular complexity index is 317. The first kappa shape index (κ1) is 14.3. The number of amides is 1. The van der Waals surface area contributed by atoms with Gasteiger partial charge in [0.15, 0.2) is 0 Å². The van der Waals surface area contributed by atoms with E-state index >= 15 is 0 Å². The van der Waals surface area contributed by atoms with Crippen molar-refractivity contribution >= 4 is 21.8 Å². The molecule has 0 N–H and O–H groups in total. The van der Waals surface area contributed by atoms with Gasteiger partial charge in [-0.25, -0.2) is 0 Å². The number of hydrogen-bond donors (Lipinski definition) is 0. The van der Waals surface area contributed by atoms with Crippen molar-refractivity contribution in [3.8, 4) is 0 Å². The second-order valence-electron chi connectivity index (χ2n) is 6.08. The van der Waals surface area contributed by atoms with Gasteiger partial charge >= 0.3 is 0 Å². The number of carbonyl (C=O) groups excluding carboxylic acids is 1. The normalized spacial score (nSPS) is 43.6. The molecule has 4 heteroatoms. The highest BCUT2D eigenvalue weighted by Crippen LogP contribution is 2.36. The first-order valence-corrected chi connectivity index (χ1v) is 7.86. The molecule has 18 heavy (non-hydrogen) atoms. The fourth-order valence-corrected chi connectivity index (χ4v) is 4.28. The smallest absolute Gasteiger partial charge is 0.228 e. The Morgan fingerprint density at radius 1 is 1.28 bits per heavy atom. The maximum Gasteiger partial charge on any atom is 0.228 e.